The van der Waals surface area contributed by atoms with E-state index in [1.165, 1.54) is 0 Å². The molecule has 0 spiro atoms. The Morgan fingerprint density at radius 1 is 1.08 bits per heavy atom. The molecule has 25 heavy (non-hydrogen) atoms. The molecule has 0 aliphatic carbocycles. The van der Waals surface area contributed by atoms with Gasteiger partial charge in [-0.3, -0.25) is 0 Å². The summed E-state index contributed by atoms with van der Waals surface area (Å²) in [7, 11) is 3.13. The molecule has 0 amide bonds. The molecule has 3 aromatic rings. The Hall–Kier alpha value is -2.30. The van der Waals surface area contributed by atoms with Crippen LogP contribution in [0.3, 0.4) is 0 Å². The van der Waals surface area contributed by atoms with Crippen molar-refractivity contribution in [3.63, 3.8) is 0 Å². The van der Waals surface area contributed by atoms with E-state index in [1.54, 1.807) is 21.1 Å². The third-order valence-corrected chi connectivity index (χ3v) is 4.53. The molecule has 3 rings (SSSR count). The summed E-state index contributed by atoms with van der Waals surface area (Å²) >= 11 is 6.32. The van der Waals surface area contributed by atoms with Crippen LogP contribution in [-0.2, 0) is 0 Å². The number of nitrogens with zero attached hydrogens (tertiary/aromatic N) is 1. The lowest BCUT2D eigenvalue weighted by molar-refractivity contribution is 0.199. The van der Waals surface area contributed by atoms with E-state index in [9.17, 15) is 5.11 Å². The van der Waals surface area contributed by atoms with Gasteiger partial charge in [0.25, 0.3) is 0 Å². The largest absolute Gasteiger partial charge is 0.493 e. The van der Waals surface area contributed by atoms with Crippen LogP contribution >= 0.6 is 11.6 Å². The second-order valence-corrected chi connectivity index (χ2v) is 6.38. The van der Waals surface area contributed by atoms with E-state index in [0.29, 0.717) is 16.5 Å². The van der Waals surface area contributed by atoms with Crippen LogP contribution in [0.15, 0.2) is 36.4 Å². The summed E-state index contributed by atoms with van der Waals surface area (Å²) < 4.78 is 10.7. The first-order chi connectivity index (χ1) is 11.9. The molecule has 0 bridgehead atoms. The van der Waals surface area contributed by atoms with Gasteiger partial charge in [0.1, 0.15) is 0 Å². The van der Waals surface area contributed by atoms with Crippen molar-refractivity contribution >= 4 is 22.5 Å². The van der Waals surface area contributed by atoms with Gasteiger partial charge in [-0.2, -0.15) is 0 Å². The Labute approximate surface area is 152 Å². The molecule has 0 aliphatic rings. The van der Waals surface area contributed by atoms with Crippen LogP contribution in [0.1, 0.15) is 24.2 Å². The fourth-order valence-electron chi connectivity index (χ4n) is 2.89. The van der Waals surface area contributed by atoms with Crippen molar-refractivity contribution in [1.82, 2.24) is 4.98 Å². The summed E-state index contributed by atoms with van der Waals surface area (Å²) in [5.74, 6) is 1.06. The molecule has 1 heterocycles. The average molecular weight is 358 g/mol. The molecule has 0 saturated heterocycles. The first kappa shape index (κ1) is 17.5. The summed E-state index contributed by atoms with van der Waals surface area (Å²) in [6, 6.07) is 11.5. The highest BCUT2D eigenvalue weighted by molar-refractivity contribution is 6.32. The number of aryl methyl sites for hydroxylation is 1. The molecule has 0 fully saturated rings. The number of rotatable bonds is 4. The van der Waals surface area contributed by atoms with Gasteiger partial charge in [0.2, 0.25) is 0 Å². The number of benzene rings is 2. The quantitative estimate of drug-likeness (QED) is 0.719. The topological polar surface area (TPSA) is 51.6 Å². The van der Waals surface area contributed by atoms with Gasteiger partial charge in [-0.1, -0.05) is 23.7 Å². The first-order valence-electron chi connectivity index (χ1n) is 7.96. The highest BCUT2D eigenvalue weighted by Gasteiger charge is 2.14. The molecular weight excluding hydrogens is 338 g/mol. The van der Waals surface area contributed by atoms with Crippen LogP contribution < -0.4 is 9.47 Å². The van der Waals surface area contributed by atoms with Gasteiger partial charge in [-0.15, -0.1) is 0 Å². The number of halogens is 1. The highest BCUT2D eigenvalue weighted by atomic mass is 35.5. The van der Waals surface area contributed by atoms with Crippen LogP contribution in [-0.4, -0.2) is 24.3 Å². The zero-order valence-electron chi connectivity index (χ0n) is 14.6. The lowest BCUT2D eigenvalue weighted by atomic mass is 10.0. The van der Waals surface area contributed by atoms with Crippen molar-refractivity contribution in [2.24, 2.45) is 0 Å². The summed E-state index contributed by atoms with van der Waals surface area (Å²) in [4.78, 5) is 4.76. The number of ether oxygens (including phenoxy) is 2. The molecule has 5 heteroatoms. The number of pyridine rings is 1. The minimum absolute atomic E-state index is 0.467. The average Bonchev–Trinajstić information content (AvgIpc) is 2.60. The third kappa shape index (κ3) is 3.28. The Morgan fingerprint density at radius 3 is 2.48 bits per heavy atom. The lowest BCUT2D eigenvalue weighted by Crippen LogP contribution is -1.95. The molecule has 1 atom stereocenters. The van der Waals surface area contributed by atoms with E-state index < -0.39 is 6.10 Å². The van der Waals surface area contributed by atoms with Crippen LogP contribution in [0.25, 0.3) is 22.2 Å². The summed E-state index contributed by atoms with van der Waals surface area (Å²) in [6.07, 6.45) is -0.536. The molecule has 0 saturated carbocycles. The lowest BCUT2D eigenvalue weighted by Gasteiger charge is -2.13. The van der Waals surface area contributed by atoms with Gasteiger partial charge in [0.15, 0.2) is 11.5 Å². The summed E-state index contributed by atoms with van der Waals surface area (Å²) in [5, 5.41) is 11.3. The zero-order valence-corrected chi connectivity index (χ0v) is 15.4. The number of hydrogen-bond donors (Lipinski definition) is 1. The van der Waals surface area contributed by atoms with Gasteiger partial charge in [0, 0.05) is 10.9 Å². The van der Waals surface area contributed by atoms with Gasteiger partial charge in [0.05, 0.1) is 36.6 Å². The number of hydrogen-bond acceptors (Lipinski definition) is 4. The third-order valence-electron chi connectivity index (χ3n) is 4.25. The molecule has 1 N–H and O–H groups in total. The van der Waals surface area contributed by atoms with Crippen molar-refractivity contribution in [3.8, 4) is 22.8 Å². The predicted molar refractivity (Wildman–Crippen MR) is 101 cm³/mol. The van der Waals surface area contributed by atoms with Crippen LogP contribution in [0.2, 0.25) is 5.02 Å². The Kier molecular flexibility index (Phi) is 4.84. The van der Waals surface area contributed by atoms with Gasteiger partial charge in [-0.25, -0.2) is 4.98 Å². The van der Waals surface area contributed by atoms with Crippen LogP contribution in [0.5, 0.6) is 11.5 Å². The van der Waals surface area contributed by atoms with E-state index in [1.807, 2.05) is 43.3 Å². The van der Waals surface area contributed by atoms with Crippen molar-refractivity contribution < 1.29 is 14.6 Å². The van der Waals surface area contributed by atoms with E-state index in [-0.39, 0.29) is 0 Å². The minimum atomic E-state index is -0.536. The van der Waals surface area contributed by atoms with Gasteiger partial charge >= 0.3 is 0 Å². The number of aromatic nitrogens is 1. The summed E-state index contributed by atoms with van der Waals surface area (Å²) in [6.45, 7) is 3.78. The smallest absolute Gasteiger partial charge is 0.179 e. The number of fused-ring (bicyclic) bond motifs is 1. The number of aliphatic hydroxyl groups is 1. The Balaban J connectivity index is 2.20. The number of methoxy groups -OCH3 is 2. The molecule has 2 aromatic carbocycles. The van der Waals surface area contributed by atoms with Gasteiger partial charge < -0.3 is 14.6 Å². The monoisotopic (exact) mass is 357 g/mol. The van der Waals surface area contributed by atoms with Crippen molar-refractivity contribution in [2.45, 2.75) is 20.0 Å². The number of aliphatic hydroxyl groups excluding tert-OH is 1. The van der Waals surface area contributed by atoms with E-state index in [0.717, 1.165) is 33.3 Å². The summed E-state index contributed by atoms with van der Waals surface area (Å²) in [5.41, 5.74) is 4.40. The molecule has 4 nitrogen and oxygen atoms in total. The van der Waals surface area contributed by atoms with Crippen molar-refractivity contribution in [3.05, 3.63) is 52.5 Å². The fourth-order valence-corrected chi connectivity index (χ4v) is 3.18. The molecular formula is C20H20ClNO3. The maximum absolute atomic E-state index is 9.83. The molecule has 130 valence electrons. The van der Waals surface area contributed by atoms with Crippen molar-refractivity contribution in [2.75, 3.05) is 14.2 Å². The van der Waals surface area contributed by atoms with Crippen LogP contribution in [0.4, 0.5) is 0 Å². The first-order valence-corrected chi connectivity index (χ1v) is 8.33. The van der Waals surface area contributed by atoms with E-state index >= 15 is 0 Å². The standard InChI is InChI=1S/C20H20ClNO3/c1-11-7-17(14-8-16(21)20(25-4)19(10-14)24-3)22-18-9-13(12(2)23)5-6-15(11)18/h5-10,12,23H,1-4H3. The highest BCUT2D eigenvalue weighted by Crippen LogP contribution is 2.39. The molecule has 0 radical (unpaired) electrons. The molecule has 0 aliphatic heterocycles. The predicted octanol–water partition coefficient (Wildman–Crippen LogP) is 4.93. The maximum atomic E-state index is 9.83. The Bertz CT molecular complexity index is 938. The minimum Gasteiger partial charge on any atom is -0.493 e. The van der Waals surface area contributed by atoms with E-state index in [2.05, 4.69) is 0 Å². The normalized spacial score (nSPS) is 12.2. The zero-order chi connectivity index (χ0) is 18.1. The Morgan fingerprint density at radius 2 is 1.84 bits per heavy atom. The molecule has 1 unspecified atom stereocenters. The van der Waals surface area contributed by atoms with Crippen LogP contribution in [0, 0.1) is 6.92 Å². The van der Waals surface area contributed by atoms with Gasteiger partial charge in [-0.05, 0) is 49.2 Å². The maximum Gasteiger partial charge on any atom is 0.179 e. The second-order valence-electron chi connectivity index (χ2n) is 5.97. The second kappa shape index (κ2) is 6.90. The van der Waals surface area contributed by atoms with E-state index in [4.69, 9.17) is 26.1 Å². The molecule has 1 aromatic heterocycles. The SMILES string of the molecule is COc1cc(-c2cc(C)c3ccc(C(C)O)cc3n2)cc(Cl)c1OC. The van der Waals surface area contributed by atoms with Crippen molar-refractivity contribution in [1.29, 1.82) is 0 Å². The fraction of sp³-hybridized carbons (Fsp3) is 0.250.